The number of urea groups is 1. The van der Waals surface area contributed by atoms with Gasteiger partial charge in [0.1, 0.15) is 5.69 Å². The maximum Gasteiger partial charge on any atom is 0.321 e. The lowest BCUT2D eigenvalue weighted by Crippen LogP contribution is -2.27. The highest BCUT2D eigenvalue weighted by molar-refractivity contribution is 6.02. The minimum absolute atomic E-state index is 0.109. The van der Waals surface area contributed by atoms with E-state index >= 15 is 0 Å². The molecule has 1 fully saturated rings. The molecule has 8 nitrogen and oxygen atoms in total. The van der Waals surface area contributed by atoms with Gasteiger partial charge in [0.15, 0.2) is 0 Å². The predicted molar refractivity (Wildman–Crippen MR) is 136 cm³/mol. The number of aromatic nitrogens is 3. The first-order chi connectivity index (χ1) is 17.2. The maximum absolute atomic E-state index is 12.6. The number of hydrogen-bond acceptors (Lipinski definition) is 4. The van der Waals surface area contributed by atoms with Gasteiger partial charge in [-0.05, 0) is 48.0 Å². The molecule has 1 aliphatic rings. The fraction of sp³-hybridized carbons (Fsp3) is 0.111. The fourth-order valence-corrected chi connectivity index (χ4v) is 3.93. The monoisotopic (exact) mass is 464 g/mol. The molecule has 8 heteroatoms. The van der Waals surface area contributed by atoms with Crippen LogP contribution in [0.2, 0.25) is 0 Å². The zero-order chi connectivity index (χ0) is 24.0. The van der Waals surface area contributed by atoms with Gasteiger partial charge >= 0.3 is 6.03 Å². The van der Waals surface area contributed by atoms with Crippen LogP contribution in [0.3, 0.4) is 0 Å². The van der Waals surface area contributed by atoms with Gasteiger partial charge in [0.05, 0.1) is 6.54 Å². The largest absolute Gasteiger partial charge is 0.336 e. The summed E-state index contributed by atoms with van der Waals surface area (Å²) >= 11 is 0. The lowest BCUT2D eigenvalue weighted by atomic mass is 10.1. The van der Waals surface area contributed by atoms with E-state index in [9.17, 15) is 9.59 Å². The van der Waals surface area contributed by atoms with E-state index in [1.165, 1.54) is 6.08 Å². The molecule has 0 unspecified atom stereocenters. The second kappa shape index (κ2) is 10.0. The molecule has 1 saturated heterocycles. The number of nitrogens with one attached hydrogen (secondary N) is 2. The molecule has 0 saturated carbocycles. The van der Waals surface area contributed by atoms with Crippen molar-refractivity contribution in [2.75, 3.05) is 23.3 Å². The van der Waals surface area contributed by atoms with Gasteiger partial charge in [-0.1, -0.05) is 30.3 Å². The number of nitrogens with zero attached hydrogens (tertiary/aromatic N) is 4. The first-order valence-corrected chi connectivity index (χ1v) is 11.3. The van der Waals surface area contributed by atoms with E-state index in [0.717, 1.165) is 28.1 Å². The molecule has 0 radical (unpaired) electrons. The van der Waals surface area contributed by atoms with E-state index in [1.807, 2.05) is 53.3 Å². The zero-order valence-electron chi connectivity index (χ0n) is 19.0. The number of hydrogen-bond donors (Lipinski definition) is 2. The van der Waals surface area contributed by atoms with Crippen LogP contribution in [-0.4, -0.2) is 39.8 Å². The summed E-state index contributed by atoms with van der Waals surface area (Å²) in [6.07, 6.45) is 8.65. The summed E-state index contributed by atoms with van der Waals surface area (Å²) in [4.78, 5) is 30.3. The van der Waals surface area contributed by atoms with Crippen LogP contribution in [0.4, 0.5) is 16.2 Å². The highest BCUT2D eigenvalue weighted by Crippen LogP contribution is 2.23. The molecule has 1 aliphatic heterocycles. The van der Waals surface area contributed by atoms with Crippen LogP contribution >= 0.6 is 0 Å². The van der Waals surface area contributed by atoms with E-state index < -0.39 is 0 Å². The van der Waals surface area contributed by atoms with Crippen LogP contribution < -0.4 is 15.5 Å². The van der Waals surface area contributed by atoms with Crippen molar-refractivity contribution >= 4 is 29.4 Å². The minimum Gasteiger partial charge on any atom is -0.336 e. The number of pyridine rings is 1. The third-order valence-corrected chi connectivity index (χ3v) is 5.63. The summed E-state index contributed by atoms with van der Waals surface area (Å²) in [7, 11) is 0. The molecule has 0 bridgehead atoms. The Hall–Kier alpha value is -4.72. The molecule has 4 aromatic rings. The Morgan fingerprint density at radius 2 is 1.89 bits per heavy atom. The van der Waals surface area contributed by atoms with Gasteiger partial charge in [0.2, 0.25) is 5.91 Å². The van der Waals surface area contributed by atoms with Gasteiger partial charge < -0.3 is 10.6 Å². The van der Waals surface area contributed by atoms with E-state index in [4.69, 9.17) is 5.10 Å². The quantitative estimate of drug-likeness (QED) is 0.402. The topological polar surface area (TPSA) is 92.2 Å². The second-order valence-corrected chi connectivity index (χ2v) is 8.11. The summed E-state index contributed by atoms with van der Waals surface area (Å²) in [6, 6.07) is 21.0. The lowest BCUT2D eigenvalue weighted by molar-refractivity contribution is -0.111. The Morgan fingerprint density at radius 3 is 2.60 bits per heavy atom. The number of anilines is 2. The molecule has 35 heavy (non-hydrogen) atoms. The van der Waals surface area contributed by atoms with Gasteiger partial charge in [0.25, 0.3) is 0 Å². The van der Waals surface area contributed by atoms with Crippen molar-refractivity contribution in [1.29, 1.82) is 0 Å². The number of amides is 3. The van der Waals surface area contributed by atoms with Crippen molar-refractivity contribution in [2.45, 2.75) is 6.54 Å². The number of carbonyl (C=O) groups excluding carboxylic acids is 2. The summed E-state index contributed by atoms with van der Waals surface area (Å²) < 4.78 is 1.86. The molecule has 2 aromatic heterocycles. The fourth-order valence-electron chi connectivity index (χ4n) is 3.93. The van der Waals surface area contributed by atoms with Crippen molar-refractivity contribution in [3.63, 3.8) is 0 Å². The van der Waals surface area contributed by atoms with Crippen LogP contribution in [-0.2, 0) is 11.3 Å². The van der Waals surface area contributed by atoms with Crippen LogP contribution in [0, 0.1) is 0 Å². The highest BCUT2D eigenvalue weighted by atomic mass is 16.2. The van der Waals surface area contributed by atoms with Crippen molar-refractivity contribution in [2.24, 2.45) is 0 Å². The Labute approximate surface area is 202 Å². The predicted octanol–water partition coefficient (Wildman–Crippen LogP) is 4.17. The van der Waals surface area contributed by atoms with E-state index in [1.54, 1.807) is 35.5 Å². The highest BCUT2D eigenvalue weighted by Gasteiger charge is 2.20. The SMILES string of the molecule is O=C(/C=C/c1cn(Cc2ccccc2)nc1-c1cccnc1)Nc1ccc(N2CCNC2=O)cc1. The van der Waals surface area contributed by atoms with Crippen LogP contribution in [0.5, 0.6) is 0 Å². The molecule has 2 aromatic carbocycles. The lowest BCUT2D eigenvalue weighted by Gasteiger charge is -2.14. The maximum atomic E-state index is 12.6. The average Bonchev–Trinajstić information content (AvgIpc) is 3.50. The number of rotatable bonds is 7. The van der Waals surface area contributed by atoms with E-state index in [-0.39, 0.29) is 11.9 Å². The summed E-state index contributed by atoms with van der Waals surface area (Å²) in [5.74, 6) is -0.260. The van der Waals surface area contributed by atoms with E-state index in [0.29, 0.717) is 25.3 Å². The third kappa shape index (κ3) is 5.27. The van der Waals surface area contributed by atoms with Crippen molar-refractivity contribution in [3.8, 4) is 11.3 Å². The first kappa shape index (κ1) is 22.1. The molecule has 3 heterocycles. The summed E-state index contributed by atoms with van der Waals surface area (Å²) in [5, 5.41) is 10.4. The second-order valence-electron chi connectivity index (χ2n) is 8.11. The van der Waals surface area contributed by atoms with Gasteiger partial charge in [-0.15, -0.1) is 0 Å². The zero-order valence-corrected chi connectivity index (χ0v) is 19.0. The van der Waals surface area contributed by atoms with Gasteiger partial charge in [-0.25, -0.2) is 4.79 Å². The molecule has 0 aliphatic carbocycles. The summed E-state index contributed by atoms with van der Waals surface area (Å²) in [5.41, 5.74) is 5.03. The Morgan fingerprint density at radius 1 is 1.06 bits per heavy atom. The van der Waals surface area contributed by atoms with Crippen molar-refractivity contribution < 1.29 is 9.59 Å². The Bertz CT molecular complexity index is 1350. The standard InChI is InChI=1S/C27H24N6O2/c34-25(30-23-9-11-24(12-10-23)33-16-15-29-27(33)35)13-8-22-19-32(18-20-5-2-1-3-6-20)31-26(22)21-7-4-14-28-17-21/h1-14,17,19H,15-16,18H2,(H,29,35)(H,30,34)/b13-8+. The van der Waals surface area contributed by atoms with Gasteiger partial charge in [-0.3, -0.25) is 19.4 Å². The number of carbonyl (C=O) groups is 2. The van der Waals surface area contributed by atoms with Crippen LogP contribution in [0.25, 0.3) is 17.3 Å². The van der Waals surface area contributed by atoms with Crippen LogP contribution in [0.15, 0.2) is 91.4 Å². The van der Waals surface area contributed by atoms with Gasteiger partial charge in [-0.2, -0.15) is 5.10 Å². The smallest absolute Gasteiger partial charge is 0.321 e. The van der Waals surface area contributed by atoms with E-state index in [2.05, 4.69) is 27.8 Å². The molecule has 174 valence electrons. The third-order valence-electron chi connectivity index (χ3n) is 5.63. The molecular weight excluding hydrogens is 440 g/mol. The molecule has 3 amide bonds. The Kier molecular flexibility index (Phi) is 6.34. The molecule has 0 atom stereocenters. The van der Waals surface area contributed by atoms with Crippen LogP contribution in [0.1, 0.15) is 11.1 Å². The molecule has 2 N–H and O–H groups in total. The first-order valence-electron chi connectivity index (χ1n) is 11.3. The molecule has 5 rings (SSSR count). The normalized spacial score (nSPS) is 13.3. The van der Waals surface area contributed by atoms with Gasteiger partial charge in [0, 0.05) is 60.3 Å². The Balaban J connectivity index is 1.31. The molecule has 0 spiro atoms. The average molecular weight is 465 g/mol. The van der Waals surface area contributed by atoms with Crippen molar-refractivity contribution in [1.82, 2.24) is 20.1 Å². The molecular formula is C27H24N6O2. The minimum atomic E-state index is -0.260. The van der Waals surface area contributed by atoms with Crippen molar-refractivity contribution in [3.05, 3.63) is 103 Å². The summed E-state index contributed by atoms with van der Waals surface area (Å²) in [6.45, 7) is 1.88. The number of benzene rings is 2.